The van der Waals surface area contributed by atoms with E-state index in [-0.39, 0.29) is 11.9 Å². The van der Waals surface area contributed by atoms with Gasteiger partial charge >= 0.3 is 0 Å². The molecule has 2 heterocycles. The summed E-state index contributed by atoms with van der Waals surface area (Å²) in [5.74, 6) is 0.614. The van der Waals surface area contributed by atoms with Gasteiger partial charge < -0.3 is 10.0 Å². The molecule has 2 saturated heterocycles. The molecule has 3 atom stereocenters. The molecule has 2 aliphatic heterocycles. The van der Waals surface area contributed by atoms with Gasteiger partial charge in [-0.25, -0.2) is 0 Å². The maximum atomic E-state index is 11.2. The van der Waals surface area contributed by atoms with Gasteiger partial charge in [-0.3, -0.25) is 4.79 Å². The lowest BCUT2D eigenvalue weighted by Gasteiger charge is -2.19. The van der Waals surface area contributed by atoms with E-state index < -0.39 is 6.10 Å². The highest BCUT2D eigenvalue weighted by Crippen LogP contribution is 2.33. The van der Waals surface area contributed by atoms with Crippen molar-refractivity contribution in [3.8, 4) is 0 Å². The minimum Gasteiger partial charge on any atom is -0.390 e. The number of rotatable bonds is 0. The second-order valence-electron chi connectivity index (χ2n) is 3.62. The number of carbonyl (C=O) groups excluding carboxylic acids is 1. The highest BCUT2D eigenvalue weighted by Gasteiger charge is 2.45. The van der Waals surface area contributed by atoms with E-state index in [0.29, 0.717) is 12.3 Å². The Kier molecular flexibility index (Phi) is 1.42. The molecule has 0 radical (unpaired) electrons. The minimum absolute atomic E-state index is 0.127. The average molecular weight is 155 g/mol. The van der Waals surface area contributed by atoms with E-state index in [1.807, 2.05) is 4.90 Å². The fraction of sp³-hybridized carbons (Fsp3) is 0.875. The predicted octanol–water partition coefficient (Wildman–Crippen LogP) is -0.0120. The van der Waals surface area contributed by atoms with Gasteiger partial charge in [-0.15, -0.1) is 0 Å². The van der Waals surface area contributed by atoms with E-state index in [1.165, 1.54) is 0 Å². The number of hydrogen-bond donors (Lipinski definition) is 1. The smallest absolute Gasteiger partial charge is 0.225 e. The summed E-state index contributed by atoms with van der Waals surface area (Å²) in [7, 11) is 0. The molecule has 2 fully saturated rings. The first-order valence-corrected chi connectivity index (χ1v) is 4.17. The molecule has 1 N–H and O–H groups in total. The summed E-state index contributed by atoms with van der Waals surface area (Å²) >= 11 is 0. The number of hydrogen-bond acceptors (Lipinski definition) is 2. The van der Waals surface area contributed by atoms with Crippen molar-refractivity contribution in [2.75, 3.05) is 6.54 Å². The van der Waals surface area contributed by atoms with E-state index >= 15 is 0 Å². The number of aliphatic hydroxyl groups is 1. The van der Waals surface area contributed by atoms with Gasteiger partial charge in [-0.2, -0.15) is 0 Å². The Balaban J connectivity index is 2.21. The molecule has 0 aliphatic carbocycles. The van der Waals surface area contributed by atoms with Crippen LogP contribution in [0.2, 0.25) is 0 Å². The van der Waals surface area contributed by atoms with Crippen LogP contribution >= 0.6 is 0 Å². The fourth-order valence-corrected chi connectivity index (χ4v) is 2.26. The van der Waals surface area contributed by atoms with E-state index in [1.54, 1.807) is 0 Å². The van der Waals surface area contributed by atoms with Crippen molar-refractivity contribution in [2.24, 2.45) is 5.92 Å². The molecular formula is C8H13NO2. The molecule has 62 valence electrons. The largest absolute Gasteiger partial charge is 0.390 e. The van der Waals surface area contributed by atoms with E-state index in [0.717, 1.165) is 13.0 Å². The molecule has 2 rings (SSSR count). The van der Waals surface area contributed by atoms with Gasteiger partial charge in [0.2, 0.25) is 5.91 Å². The van der Waals surface area contributed by atoms with Crippen LogP contribution in [0, 0.1) is 5.92 Å². The summed E-state index contributed by atoms with van der Waals surface area (Å²) in [6.45, 7) is 2.95. The molecule has 1 amide bonds. The molecule has 3 nitrogen and oxygen atoms in total. The highest BCUT2D eigenvalue weighted by molar-refractivity contribution is 5.80. The third kappa shape index (κ3) is 0.872. The second-order valence-corrected chi connectivity index (χ2v) is 3.62. The van der Waals surface area contributed by atoms with Crippen LogP contribution < -0.4 is 0 Å². The first kappa shape index (κ1) is 7.10. The lowest BCUT2D eigenvalue weighted by Crippen LogP contribution is -2.34. The van der Waals surface area contributed by atoms with Crippen LogP contribution in [0.3, 0.4) is 0 Å². The van der Waals surface area contributed by atoms with Gasteiger partial charge in [0.1, 0.15) is 0 Å². The molecule has 0 spiro atoms. The Morgan fingerprint density at radius 2 is 2.36 bits per heavy atom. The van der Waals surface area contributed by atoms with Gasteiger partial charge in [0.15, 0.2) is 0 Å². The average Bonchev–Trinajstić information content (AvgIpc) is 2.41. The van der Waals surface area contributed by atoms with Gasteiger partial charge in [0.25, 0.3) is 0 Å². The number of amides is 1. The summed E-state index contributed by atoms with van der Waals surface area (Å²) in [4.78, 5) is 13.0. The van der Waals surface area contributed by atoms with Crippen LogP contribution in [-0.4, -0.2) is 34.6 Å². The quantitative estimate of drug-likeness (QED) is 0.534. The van der Waals surface area contributed by atoms with Crippen molar-refractivity contribution in [3.63, 3.8) is 0 Å². The second kappa shape index (κ2) is 2.21. The first-order chi connectivity index (χ1) is 5.20. The van der Waals surface area contributed by atoms with Crippen molar-refractivity contribution < 1.29 is 9.90 Å². The van der Waals surface area contributed by atoms with Crippen molar-refractivity contribution in [1.82, 2.24) is 4.90 Å². The Hall–Kier alpha value is -0.570. The molecule has 0 aromatic carbocycles. The molecule has 0 bridgehead atoms. The zero-order valence-corrected chi connectivity index (χ0v) is 6.66. The third-order valence-electron chi connectivity index (χ3n) is 2.87. The third-order valence-corrected chi connectivity index (χ3v) is 2.87. The van der Waals surface area contributed by atoms with Crippen molar-refractivity contribution in [1.29, 1.82) is 0 Å². The van der Waals surface area contributed by atoms with Crippen molar-refractivity contribution >= 4 is 5.91 Å². The Morgan fingerprint density at radius 3 is 3.00 bits per heavy atom. The molecule has 0 aromatic heterocycles. The van der Waals surface area contributed by atoms with Crippen molar-refractivity contribution in [3.05, 3.63) is 0 Å². The zero-order valence-electron chi connectivity index (χ0n) is 6.66. The first-order valence-electron chi connectivity index (χ1n) is 4.17. The lowest BCUT2D eigenvalue weighted by atomic mass is 9.99. The summed E-state index contributed by atoms with van der Waals surface area (Å²) in [6.07, 6.45) is 0.989. The van der Waals surface area contributed by atoms with Crippen LogP contribution in [0.5, 0.6) is 0 Å². The van der Waals surface area contributed by atoms with E-state index in [2.05, 4.69) is 6.92 Å². The summed E-state index contributed by atoms with van der Waals surface area (Å²) in [5.41, 5.74) is 0. The van der Waals surface area contributed by atoms with E-state index in [9.17, 15) is 9.90 Å². The van der Waals surface area contributed by atoms with Crippen LogP contribution in [-0.2, 0) is 4.79 Å². The lowest BCUT2D eigenvalue weighted by molar-refractivity contribution is -0.128. The maximum Gasteiger partial charge on any atom is 0.225 e. The predicted molar refractivity (Wildman–Crippen MR) is 39.9 cm³/mol. The normalized spacial score (nSPS) is 43.3. The molecule has 0 saturated carbocycles. The van der Waals surface area contributed by atoms with Crippen LogP contribution in [0.25, 0.3) is 0 Å². The Morgan fingerprint density at radius 1 is 1.64 bits per heavy atom. The van der Waals surface area contributed by atoms with Gasteiger partial charge in [0, 0.05) is 6.54 Å². The number of fused-ring (bicyclic) bond motifs is 1. The van der Waals surface area contributed by atoms with Crippen molar-refractivity contribution in [2.45, 2.75) is 31.9 Å². The number of nitrogens with zero attached hydrogens (tertiary/aromatic N) is 1. The topological polar surface area (TPSA) is 40.5 Å². The summed E-state index contributed by atoms with van der Waals surface area (Å²) in [6, 6.07) is 0.127. The molecule has 0 aromatic rings. The van der Waals surface area contributed by atoms with Gasteiger partial charge in [-0.05, 0) is 12.3 Å². The van der Waals surface area contributed by atoms with Gasteiger partial charge in [-0.1, -0.05) is 6.92 Å². The zero-order chi connectivity index (χ0) is 8.01. The van der Waals surface area contributed by atoms with Crippen LogP contribution in [0.1, 0.15) is 19.8 Å². The van der Waals surface area contributed by atoms with E-state index in [4.69, 9.17) is 0 Å². The molecule has 11 heavy (non-hydrogen) atoms. The molecule has 0 unspecified atom stereocenters. The van der Waals surface area contributed by atoms with Crippen LogP contribution in [0.15, 0.2) is 0 Å². The standard InChI is InChI=1S/C8H13NO2/c1-5-2-3-9-7(11)4-6(10)8(5)9/h5-6,8,10H,2-4H2,1H3/t5-,6+,8+/m0/s1. The summed E-state index contributed by atoms with van der Waals surface area (Å²) in [5, 5.41) is 9.48. The Bertz CT molecular complexity index is 193. The molecular weight excluding hydrogens is 142 g/mol. The number of aliphatic hydroxyl groups excluding tert-OH is 1. The summed E-state index contributed by atoms with van der Waals surface area (Å²) < 4.78 is 0. The minimum atomic E-state index is -0.403. The Labute approximate surface area is 66.0 Å². The van der Waals surface area contributed by atoms with Crippen LogP contribution in [0.4, 0.5) is 0 Å². The number of carbonyl (C=O) groups is 1. The van der Waals surface area contributed by atoms with Gasteiger partial charge in [0.05, 0.1) is 18.6 Å². The maximum absolute atomic E-state index is 11.2. The molecule has 3 heteroatoms. The molecule has 2 aliphatic rings. The fourth-order valence-electron chi connectivity index (χ4n) is 2.26. The monoisotopic (exact) mass is 155 g/mol. The SMILES string of the molecule is C[C@H]1CCN2C(=O)C[C@@H](O)[C@@H]12. The highest BCUT2D eigenvalue weighted by atomic mass is 16.3.